The Morgan fingerprint density at radius 3 is 2.31 bits per heavy atom. The molecule has 8 heteroatoms. The van der Waals surface area contributed by atoms with Crippen LogP contribution in [0.15, 0.2) is 48.5 Å². The summed E-state index contributed by atoms with van der Waals surface area (Å²) in [7, 11) is -3.67. The van der Waals surface area contributed by atoms with E-state index in [2.05, 4.69) is 5.32 Å². The summed E-state index contributed by atoms with van der Waals surface area (Å²) in [5.41, 5.74) is 1.29. The number of nitrogens with one attached hydrogen (secondary N) is 1. The minimum atomic E-state index is -3.67. The fourth-order valence-corrected chi connectivity index (χ4v) is 4.54. The minimum absolute atomic E-state index is 0.217. The molecule has 3 rings (SSSR count). The molecule has 1 fully saturated rings. The molecular weight excluding hydrogens is 359 g/mol. The lowest BCUT2D eigenvalue weighted by Gasteiger charge is -2.15. The molecule has 0 saturated carbocycles. The molecule has 2 aromatic rings. The van der Waals surface area contributed by atoms with Crippen LogP contribution in [0.2, 0.25) is 0 Å². The molecule has 1 N–H and O–H groups in total. The van der Waals surface area contributed by atoms with E-state index in [-0.39, 0.29) is 29.7 Å². The fourth-order valence-electron chi connectivity index (χ4n) is 2.72. The number of sulfonamides is 1. The number of benzene rings is 2. The first kappa shape index (κ1) is 18.1. The number of hydrogen-bond acceptors (Lipinski definition) is 4. The van der Waals surface area contributed by atoms with E-state index in [0.29, 0.717) is 5.56 Å². The highest BCUT2D eigenvalue weighted by molar-refractivity contribution is 7.94. The highest BCUT2D eigenvalue weighted by Gasteiger charge is 2.41. The first-order chi connectivity index (χ1) is 12.3. The lowest BCUT2D eigenvalue weighted by molar-refractivity contribution is -0.119. The number of nitrogens with zero attached hydrogens (tertiary/aromatic N) is 1. The van der Waals surface area contributed by atoms with Crippen molar-refractivity contribution in [2.24, 2.45) is 5.92 Å². The van der Waals surface area contributed by atoms with Crippen LogP contribution >= 0.6 is 0 Å². The number of amides is 2. The molecule has 0 aromatic heterocycles. The molecule has 1 heterocycles. The first-order valence-corrected chi connectivity index (χ1v) is 9.58. The van der Waals surface area contributed by atoms with E-state index in [1.807, 2.05) is 0 Å². The van der Waals surface area contributed by atoms with Gasteiger partial charge in [0.25, 0.3) is 5.91 Å². The Kier molecular flexibility index (Phi) is 4.78. The predicted octanol–water partition coefficient (Wildman–Crippen LogP) is 2.07. The number of anilines is 1. The van der Waals surface area contributed by atoms with Crippen LogP contribution in [-0.4, -0.2) is 26.0 Å². The van der Waals surface area contributed by atoms with Crippen molar-refractivity contribution >= 4 is 27.5 Å². The van der Waals surface area contributed by atoms with E-state index >= 15 is 0 Å². The van der Waals surface area contributed by atoms with Crippen molar-refractivity contribution in [1.29, 1.82) is 0 Å². The Bertz CT molecular complexity index is 940. The van der Waals surface area contributed by atoms with Gasteiger partial charge in [-0.2, -0.15) is 0 Å². The molecule has 26 heavy (non-hydrogen) atoms. The SMILES string of the molecule is C[C@@H]1CS(=O)(=O)N(c2ccc(C(=O)NCc3ccc(F)cc3)cc2)C1=O. The van der Waals surface area contributed by atoms with Crippen LogP contribution in [0.4, 0.5) is 10.1 Å². The van der Waals surface area contributed by atoms with Gasteiger partial charge in [0.1, 0.15) is 5.82 Å². The number of rotatable bonds is 4. The number of carbonyl (C=O) groups excluding carboxylic acids is 2. The molecule has 0 unspecified atom stereocenters. The van der Waals surface area contributed by atoms with E-state index in [0.717, 1.165) is 9.87 Å². The van der Waals surface area contributed by atoms with Crippen LogP contribution in [0.3, 0.4) is 0 Å². The van der Waals surface area contributed by atoms with Crippen molar-refractivity contribution < 1.29 is 22.4 Å². The summed E-state index contributed by atoms with van der Waals surface area (Å²) >= 11 is 0. The maximum absolute atomic E-state index is 12.9. The number of hydrogen-bond donors (Lipinski definition) is 1. The summed E-state index contributed by atoms with van der Waals surface area (Å²) in [4.78, 5) is 24.2. The summed E-state index contributed by atoms with van der Waals surface area (Å²) in [6.07, 6.45) is 0. The van der Waals surface area contributed by atoms with E-state index in [9.17, 15) is 22.4 Å². The van der Waals surface area contributed by atoms with Gasteiger partial charge in [-0.25, -0.2) is 17.1 Å². The van der Waals surface area contributed by atoms with Gasteiger partial charge < -0.3 is 5.32 Å². The monoisotopic (exact) mass is 376 g/mol. The first-order valence-electron chi connectivity index (χ1n) is 7.97. The largest absolute Gasteiger partial charge is 0.348 e. The quantitative estimate of drug-likeness (QED) is 0.885. The third-order valence-electron chi connectivity index (χ3n) is 4.09. The summed E-state index contributed by atoms with van der Waals surface area (Å²) in [5, 5.41) is 2.70. The predicted molar refractivity (Wildman–Crippen MR) is 94.4 cm³/mol. The van der Waals surface area contributed by atoms with E-state index in [1.165, 1.54) is 36.4 Å². The molecule has 6 nitrogen and oxygen atoms in total. The van der Waals surface area contributed by atoms with Gasteiger partial charge in [0, 0.05) is 12.1 Å². The summed E-state index contributed by atoms with van der Waals surface area (Å²) in [5.74, 6) is -1.98. The van der Waals surface area contributed by atoms with Crippen molar-refractivity contribution in [2.45, 2.75) is 13.5 Å². The Labute approximate surface area is 150 Å². The van der Waals surface area contributed by atoms with Gasteiger partial charge in [-0.05, 0) is 42.0 Å². The van der Waals surface area contributed by atoms with E-state index < -0.39 is 21.8 Å². The lowest BCUT2D eigenvalue weighted by Crippen LogP contribution is -2.30. The topological polar surface area (TPSA) is 83.6 Å². The number of carbonyl (C=O) groups is 2. The molecule has 0 radical (unpaired) electrons. The average Bonchev–Trinajstić information content (AvgIpc) is 2.81. The van der Waals surface area contributed by atoms with Crippen molar-refractivity contribution in [3.63, 3.8) is 0 Å². The molecule has 2 amide bonds. The van der Waals surface area contributed by atoms with Gasteiger partial charge in [-0.3, -0.25) is 9.59 Å². The van der Waals surface area contributed by atoms with Crippen LogP contribution in [0.1, 0.15) is 22.8 Å². The lowest BCUT2D eigenvalue weighted by atomic mass is 10.1. The zero-order valence-corrected chi connectivity index (χ0v) is 14.8. The zero-order valence-electron chi connectivity index (χ0n) is 14.0. The van der Waals surface area contributed by atoms with Crippen molar-refractivity contribution in [1.82, 2.24) is 5.32 Å². The fraction of sp³-hybridized carbons (Fsp3) is 0.222. The highest BCUT2D eigenvalue weighted by Crippen LogP contribution is 2.28. The van der Waals surface area contributed by atoms with E-state index in [1.54, 1.807) is 19.1 Å². The van der Waals surface area contributed by atoms with Crippen LogP contribution in [0, 0.1) is 11.7 Å². The second kappa shape index (κ2) is 6.87. The molecular formula is C18H17FN2O4S. The van der Waals surface area contributed by atoms with Gasteiger partial charge in [0.15, 0.2) is 0 Å². The smallest absolute Gasteiger partial charge is 0.251 e. The Morgan fingerprint density at radius 1 is 1.15 bits per heavy atom. The van der Waals surface area contributed by atoms with Gasteiger partial charge in [0.2, 0.25) is 15.9 Å². The zero-order chi connectivity index (χ0) is 18.9. The van der Waals surface area contributed by atoms with Gasteiger partial charge >= 0.3 is 0 Å². The molecule has 1 atom stereocenters. The van der Waals surface area contributed by atoms with Crippen molar-refractivity contribution in [2.75, 3.05) is 10.1 Å². The molecule has 1 aliphatic heterocycles. The Hall–Kier alpha value is -2.74. The third-order valence-corrected chi connectivity index (χ3v) is 5.96. The molecule has 0 aliphatic carbocycles. The van der Waals surface area contributed by atoms with Crippen molar-refractivity contribution in [3.05, 3.63) is 65.5 Å². The third kappa shape index (κ3) is 3.60. The molecule has 0 bridgehead atoms. The van der Waals surface area contributed by atoms with Crippen molar-refractivity contribution in [3.8, 4) is 0 Å². The maximum Gasteiger partial charge on any atom is 0.251 e. The number of halogens is 1. The average molecular weight is 376 g/mol. The van der Waals surface area contributed by atoms with Gasteiger partial charge in [-0.15, -0.1) is 0 Å². The van der Waals surface area contributed by atoms with E-state index in [4.69, 9.17) is 0 Å². The Balaban J connectivity index is 1.70. The van der Waals surface area contributed by atoms with Crippen LogP contribution < -0.4 is 9.62 Å². The normalized spacial score (nSPS) is 18.8. The van der Waals surface area contributed by atoms with Gasteiger partial charge in [0.05, 0.1) is 17.4 Å². The molecule has 0 spiro atoms. The minimum Gasteiger partial charge on any atom is -0.348 e. The van der Waals surface area contributed by atoms with Crippen LogP contribution in [-0.2, 0) is 21.4 Å². The van der Waals surface area contributed by atoms with Gasteiger partial charge in [-0.1, -0.05) is 19.1 Å². The highest BCUT2D eigenvalue weighted by atomic mass is 32.2. The molecule has 136 valence electrons. The Morgan fingerprint density at radius 2 is 1.77 bits per heavy atom. The maximum atomic E-state index is 12.9. The summed E-state index contributed by atoms with van der Waals surface area (Å²) in [6, 6.07) is 11.5. The van der Waals surface area contributed by atoms with Crippen LogP contribution in [0.5, 0.6) is 0 Å². The molecule has 1 saturated heterocycles. The summed E-state index contributed by atoms with van der Waals surface area (Å²) in [6.45, 7) is 1.80. The second-order valence-electron chi connectivity index (χ2n) is 6.14. The molecule has 2 aromatic carbocycles. The standard InChI is InChI=1S/C18H17FN2O4S/c1-12-11-26(24,25)21(18(12)23)16-8-4-14(5-9-16)17(22)20-10-13-2-6-15(19)7-3-13/h2-9,12H,10-11H2,1H3,(H,20,22)/t12-/m1/s1. The second-order valence-corrected chi connectivity index (χ2v) is 8.00. The summed E-state index contributed by atoms with van der Waals surface area (Å²) < 4.78 is 37.8. The molecule has 1 aliphatic rings. The van der Waals surface area contributed by atoms with Crippen LogP contribution in [0.25, 0.3) is 0 Å².